The van der Waals surface area contributed by atoms with Gasteiger partial charge in [-0.1, -0.05) is 6.07 Å². The van der Waals surface area contributed by atoms with Crippen LogP contribution in [0, 0.1) is 17.4 Å². The molecule has 0 amide bonds. The van der Waals surface area contributed by atoms with Crippen molar-refractivity contribution in [2.45, 2.75) is 18.7 Å². The van der Waals surface area contributed by atoms with Crippen LogP contribution >= 0.6 is 19.8 Å². The molecule has 0 bridgehead atoms. The van der Waals surface area contributed by atoms with Gasteiger partial charge in [0.2, 0.25) is 10.0 Å². The van der Waals surface area contributed by atoms with E-state index in [4.69, 9.17) is 5.14 Å². The number of primary sulfonamides is 1. The van der Waals surface area contributed by atoms with Gasteiger partial charge >= 0.3 is 19.8 Å². The molecule has 5 nitrogen and oxygen atoms in total. The zero-order chi connectivity index (χ0) is 11.8. The largest absolute Gasteiger partial charge is 0.342 e. The predicted octanol–water partition coefficient (Wildman–Crippen LogP) is 1.32. The SMILES string of the molecule is Cc1cc(C)c(I(=O)=O)c(S(N)(=O)=O)c1. The highest BCUT2D eigenvalue weighted by Crippen LogP contribution is 2.29. The third-order valence-electron chi connectivity index (χ3n) is 1.83. The smallest absolute Gasteiger partial charge is 0.230 e. The maximum absolute atomic E-state index is 11.2. The molecule has 0 spiro atoms. The van der Waals surface area contributed by atoms with E-state index in [-0.39, 0.29) is 8.47 Å². The summed E-state index contributed by atoms with van der Waals surface area (Å²) in [5.41, 5.74) is 1.09. The van der Waals surface area contributed by atoms with Crippen molar-refractivity contribution in [2.24, 2.45) is 5.14 Å². The van der Waals surface area contributed by atoms with Crippen LogP contribution in [-0.2, 0) is 16.2 Å². The molecule has 0 fully saturated rings. The first-order valence-corrected chi connectivity index (χ1v) is 8.31. The normalized spacial score (nSPS) is 12.0. The van der Waals surface area contributed by atoms with Crippen molar-refractivity contribution in [3.63, 3.8) is 0 Å². The molecule has 84 valence electrons. The topological polar surface area (TPSA) is 94.3 Å². The van der Waals surface area contributed by atoms with Crippen molar-refractivity contribution in [3.05, 3.63) is 26.8 Å². The van der Waals surface area contributed by atoms with Gasteiger partial charge in [0.1, 0.15) is 4.90 Å². The number of halogens is 1. The summed E-state index contributed by atoms with van der Waals surface area (Å²) >= 11 is -3.86. The summed E-state index contributed by atoms with van der Waals surface area (Å²) in [4.78, 5) is -0.296. The van der Waals surface area contributed by atoms with E-state index >= 15 is 0 Å². The molecule has 0 saturated heterocycles. The lowest BCUT2D eigenvalue weighted by Gasteiger charge is -2.05. The van der Waals surface area contributed by atoms with Crippen molar-refractivity contribution < 1.29 is 14.6 Å². The highest BCUT2D eigenvalue weighted by atomic mass is 127. The fraction of sp³-hybridized carbons (Fsp3) is 0.250. The van der Waals surface area contributed by atoms with Crippen LogP contribution in [0.1, 0.15) is 11.1 Å². The van der Waals surface area contributed by atoms with Gasteiger partial charge in [-0.25, -0.2) is 19.7 Å². The van der Waals surface area contributed by atoms with E-state index in [1.165, 1.54) is 6.07 Å². The van der Waals surface area contributed by atoms with Crippen LogP contribution < -0.4 is 5.14 Å². The van der Waals surface area contributed by atoms with E-state index in [1.54, 1.807) is 19.9 Å². The monoisotopic (exact) mass is 343 g/mol. The second-order valence-corrected chi connectivity index (χ2v) is 7.01. The van der Waals surface area contributed by atoms with Crippen LogP contribution in [0.25, 0.3) is 0 Å². The molecule has 0 unspecified atom stereocenters. The lowest BCUT2D eigenvalue weighted by atomic mass is 10.2. The fourth-order valence-corrected chi connectivity index (χ4v) is 4.86. The number of aryl methyl sites for hydroxylation is 2. The molecule has 0 aliphatic carbocycles. The Bertz CT molecular complexity index is 567. The van der Waals surface area contributed by atoms with E-state index in [9.17, 15) is 14.6 Å². The molecule has 1 rings (SSSR count). The molecule has 0 heterocycles. The van der Waals surface area contributed by atoms with Crippen molar-refractivity contribution in [2.75, 3.05) is 0 Å². The van der Waals surface area contributed by atoms with Crippen LogP contribution in [0.5, 0.6) is 0 Å². The number of benzene rings is 1. The zero-order valence-electron chi connectivity index (χ0n) is 8.15. The molecule has 1 aromatic rings. The molecule has 0 aromatic heterocycles. The lowest BCUT2D eigenvalue weighted by Crippen LogP contribution is -2.15. The van der Waals surface area contributed by atoms with Gasteiger partial charge < -0.3 is 0 Å². The standard InChI is InChI=1S/C8H10INO4S/c1-5-3-6(2)8(9(11)12)7(4-5)15(10,13)14/h3-4H,1-2H3,(H2,10,13,14). The van der Waals surface area contributed by atoms with Crippen LogP contribution in [0.2, 0.25) is 0 Å². The van der Waals surface area contributed by atoms with Gasteiger partial charge in [-0.15, -0.1) is 0 Å². The molecule has 0 atom stereocenters. The Hall–Kier alpha value is -0.540. The average Bonchev–Trinajstić information content (AvgIpc) is 1.99. The number of hydrogen-bond donors (Lipinski definition) is 1. The number of hydrogen-bond acceptors (Lipinski definition) is 4. The minimum atomic E-state index is -3.98. The van der Waals surface area contributed by atoms with Crippen LogP contribution in [-0.4, -0.2) is 8.42 Å². The van der Waals surface area contributed by atoms with Gasteiger partial charge in [-0.05, 0) is 31.0 Å². The summed E-state index contributed by atoms with van der Waals surface area (Å²) in [6.07, 6.45) is 0. The fourth-order valence-electron chi connectivity index (χ4n) is 1.32. The summed E-state index contributed by atoms with van der Waals surface area (Å²) in [6, 6.07) is 2.89. The Labute approximate surface area is 94.9 Å². The Kier molecular flexibility index (Phi) is 3.46. The first-order chi connectivity index (χ1) is 6.73. The summed E-state index contributed by atoms with van der Waals surface area (Å²) in [5.74, 6) is 0. The Morgan fingerprint density at radius 2 is 1.73 bits per heavy atom. The van der Waals surface area contributed by atoms with Gasteiger partial charge in [-0.3, -0.25) is 0 Å². The zero-order valence-corrected chi connectivity index (χ0v) is 11.1. The Balaban J connectivity index is 3.78. The maximum Gasteiger partial charge on any atom is 0.342 e. The van der Waals surface area contributed by atoms with E-state index < -0.39 is 29.8 Å². The van der Waals surface area contributed by atoms with Crippen molar-refractivity contribution in [3.8, 4) is 0 Å². The number of nitrogens with two attached hydrogens (primary N) is 1. The Morgan fingerprint density at radius 3 is 2.13 bits per heavy atom. The van der Waals surface area contributed by atoms with Crippen LogP contribution in [0.15, 0.2) is 17.0 Å². The van der Waals surface area contributed by atoms with Gasteiger partial charge in [0, 0.05) is 0 Å². The van der Waals surface area contributed by atoms with Gasteiger partial charge in [0.05, 0.1) is 3.57 Å². The minimum absolute atomic E-state index is 0.132. The number of sulfonamides is 1. The average molecular weight is 343 g/mol. The van der Waals surface area contributed by atoms with Crippen LogP contribution in [0.4, 0.5) is 0 Å². The van der Waals surface area contributed by atoms with Crippen molar-refractivity contribution in [1.82, 2.24) is 0 Å². The van der Waals surface area contributed by atoms with E-state index in [2.05, 4.69) is 0 Å². The first kappa shape index (κ1) is 12.5. The van der Waals surface area contributed by atoms with Gasteiger partial charge in [-0.2, -0.15) is 0 Å². The maximum atomic E-state index is 11.2. The van der Waals surface area contributed by atoms with Gasteiger partial charge in [0.25, 0.3) is 0 Å². The molecule has 2 N–H and O–H groups in total. The molecular formula is C8H10INO4S. The van der Waals surface area contributed by atoms with E-state index in [0.29, 0.717) is 11.1 Å². The molecule has 0 radical (unpaired) electrons. The second-order valence-electron chi connectivity index (χ2n) is 3.16. The lowest BCUT2D eigenvalue weighted by molar-refractivity contribution is 0.595. The summed E-state index contributed by atoms with van der Waals surface area (Å²) < 4.78 is 44.3. The third kappa shape index (κ3) is 2.73. The summed E-state index contributed by atoms with van der Waals surface area (Å²) in [6.45, 7) is 3.23. The number of rotatable bonds is 2. The van der Waals surface area contributed by atoms with Crippen LogP contribution in [0.3, 0.4) is 0 Å². The molecular weight excluding hydrogens is 333 g/mol. The quantitative estimate of drug-likeness (QED) is 0.820. The summed E-state index contributed by atoms with van der Waals surface area (Å²) in [5, 5.41) is 4.95. The first-order valence-electron chi connectivity index (χ1n) is 3.93. The third-order valence-corrected chi connectivity index (χ3v) is 5.44. The highest BCUT2D eigenvalue weighted by Gasteiger charge is 2.20. The molecule has 0 saturated carbocycles. The molecule has 1 aromatic carbocycles. The van der Waals surface area contributed by atoms with Crippen molar-refractivity contribution in [1.29, 1.82) is 0 Å². The van der Waals surface area contributed by atoms with Crippen molar-refractivity contribution >= 4 is 29.8 Å². The molecule has 15 heavy (non-hydrogen) atoms. The molecule has 0 aliphatic heterocycles. The summed E-state index contributed by atoms with van der Waals surface area (Å²) in [7, 11) is -3.98. The minimum Gasteiger partial charge on any atom is -0.230 e. The van der Waals surface area contributed by atoms with E-state index in [0.717, 1.165) is 0 Å². The van der Waals surface area contributed by atoms with E-state index in [1.807, 2.05) is 0 Å². The highest BCUT2D eigenvalue weighted by molar-refractivity contribution is 14.2. The van der Waals surface area contributed by atoms with Gasteiger partial charge in [0.15, 0.2) is 0 Å². The molecule has 7 heteroatoms. The Morgan fingerprint density at radius 1 is 1.20 bits per heavy atom. The molecule has 0 aliphatic rings. The second kappa shape index (κ2) is 4.14. The predicted molar refractivity (Wildman–Crippen MR) is 61.4 cm³/mol.